The van der Waals surface area contributed by atoms with Gasteiger partial charge in [-0.1, -0.05) is 25.1 Å². The Kier molecular flexibility index (Phi) is 4.81. The molecule has 124 valence electrons. The largest absolute Gasteiger partial charge is 0.351 e. The maximum Gasteiger partial charge on any atom is 0.270 e. The van der Waals surface area contributed by atoms with E-state index in [1.54, 1.807) is 16.0 Å². The van der Waals surface area contributed by atoms with Gasteiger partial charge in [0.1, 0.15) is 11.4 Å². The van der Waals surface area contributed by atoms with Crippen molar-refractivity contribution in [3.05, 3.63) is 58.6 Å². The van der Waals surface area contributed by atoms with Gasteiger partial charge in [-0.25, -0.2) is 4.68 Å². The first kappa shape index (κ1) is 16.5. The molecule has 24 heavy (non-hydrogen) atoms. The average Bonchev–Trinajstić information content (AvgIpc) is 3.23. The standard InChI is InChI=1S/C19H21N3OS/c1-4-9-20-19(23)17-12-15(18-6-5-10-24-18)21-22(17)16-11-13(2)7-8-14(16)3/h5-8,10-12H,4,9H2,1-3H3,(H,20,23). The average molecular weight is 339 g/mol. The van der Waals surface area contributed by atoms with Crippen LogP contribution >= 0.6 is 11.3 Å². The highest BCUT2D eigenvalue weighted by Crippen LogP contribution is 2.27. The highest BCUT2D eigenvalue weighted by molar-refractivity contribution is 7.13. The van der Waals surface area contributed by atoms with E-state index in [0.717, 1.165) is 33.8 Å². The molecule has 1 amide bonds. The summed E-state index contributed by atoms with van der Waals surface area (Å²) in [4.78, 5) is 13.7. The number of thiophene rings is 1. The van der Waals surface area contributed by atoms with Crippen LogP contribution in [0, 0.1) is 13.8 Å². The molecule has 1 aromatic carbocycles. The van der Waals surface area contributed by atoms with Crippen molar-refractivity contribution < 1.29 is 4.79 Å². The zero-order valence-electron chi connectivity index (χ0n) is 14.2. The zero-order valence-corrected chi connectivity index (χ0v) is 15.0. The molecule has 0 unspecified atom stereocenters. The number of nitrogens with one attached hydrogen (secondary N) is 1. The number of carbonyl (C=O) groups is 1. The van der Waals surface area contributed by atoms with Crippen molar-refractivity contribution in [2.75, 3.05) is 6.54 Å². The highest BCUT2D eigenvalue weighted by atomic mass is 32.1. The Morgan fingerprint density at radius 3 is 2.79 bits per heavy atom. The van der Waals surface area contributed by atoms with Crippen molar-refractivity contribution in [1.29, 1.82) is 0 Å². The van der Waals surface area contributed by atoms with Crippen LogP contribution in [0.25, 0.3) is 16.3 Å². The van der Waals surface area contributed by atoms with Crippen molar-refractivity contribution >= 4 is 17.2 Å². The predicted octanol–water partition coefficient (Wildman–Crippen LogP) is 4.36. The summed E-state index contributed by atoms with van der Waals surface area (Å²) < 4.78 is 1.77. The number of amides is 1. The second-order valence-corrected chi connectivity index (χ2v) is 6.80. The summed E-state index contributed by atoms with van der Waals surface area (Å²) in [5.41, 5.74) is 4.57. The van der Waals surface area contributed by atoms with Crippen LogP contribution in [-0.4, -0.2) is 22.2 Å². The van der Waals surface area contributed by atoms with Crippen LogP contribution in [0.1, 0.15) is 35.0 Å². The summed E-state index contributed by atoms with van der Waals surface area (Å²) in [5.74, 6) is -0.0898. The number of rotatable bonds is 5. The van der Waals surface area contributed by atoms with E-state index in [4.69, 9.17) is 5.10 Å². The Hall–Kier alpha value is -2.40. The molecule has 2 heterocycles. The molecule has 3 rings (SSSR count). The molecule has 0 fully saturated rings. The fourth-order valence-corrected chi connectivity index (χ4v) is 3.23. The number of carbonyl (C=O) groups excluding carboxylic acids is 1. The first-order valence-corrected chi connectivity index (χ1v) is 8.98. The van der Waals surface area contributed by atoms with E-state index in [2.05, 4.69) is 23.5 Å². The minimum absolute atomic E-state index is 0.0898. The van der Waals surface area contributed by atoms with Crippen molar-refractivity contribution in [3.8, 4) is 16.3 Å². The molecule has 0 saturated carbocycles. The lowest BCUT2D eigenvalue weighted by Crippen LogP contribution is -2.26. The first-order valence-electron chi connectivity index (χ1n) is 8.10. The van der Waals surface area contributed by atoms with Crippen LogP contribution in [0.3, 0.4) is 0 Å². The van der Waals surface area contributed by atoms with E-state index in [9.17, 15) is 4.79 Å². The monoisotopic (exact) mass is 339 g/mol. The number of hydrogen-bond donors (Lipinski definition) is 1. The van der Waals surface area contributed by atoms with Crippen LogP contribution in [0.2, 0.25) is 0 Å². The third kappa shape index (κ3) is 3.26. The SMILES string of the molecule is CCCNC(=O)c1cc(-c2cccs2)nn1-c1cc(C)ccc1C. The van der Waals surface area contributed by atoms with E-state index in [-0.39, 0.29) is 5.91 Å². The molecule has 5 heteroatoms. The molecule has 2 aromatic heterocycles. The number of aromatic nitrogens is 2. The van der Waals surface area contributed by atoms with Gasteiger partial charge in [-0.3, -0.25) is 4.79 Å². The molecule has 0 radical (unpaired) electrons. The van der Waals surface area contributed by atoms with Crippen LogP contribution in [0.15, 0.2) is 41.8 Å². The number of hydrogen-bond acceptors (Lipinski definition) is 3. The summed E-state index contributed by atoms with van der Waals surface area (Å²) in [5, 5.41) is 9.69. The van der Waals surface area contributed by atoms with Gasteiger partial charge < -0.3 is 5.32 Å². The van der Waals surface area contributed by atoms with E-state index in [1.807, 2.05) is 44.4 Å². The third-order valence-electron chi connectivity index (χ3n) is 3.84. The highest BCUT2D eigenvalue weighted by Gasteiger charge is 2.18. The molecule has 1 N–H and O–H groups in total. The van der Waals surface area contributed by atoms with E-state index in [0.29, 0.717) is 12.2 Å². The molecule has 4 nitrogen and oxygen atoms in total. The van der Waals surface area contributed by atoms with E-state index < -0.39 is 0 Å². The molecule has 0 saturated heterocycles. The molecule has 0 aliphatic rings. The van der Waals surface area contributed by atoms with Crippen molar-refractivity contribution in [1.82, 2.24) is 15.1 Å². The van der Waals surface area contributed by atoms with Crippen molar-refractivity contribution in [3.63, 3.8) is 0 Å². The minimum Gasteiger partial charge on any atom is -0.351 e. The first-order chi connectivity index (χ1) is 11.6. The van der Waals surface area contributed by atoms with Crippen molar-refractivity contribution in [2.45, 2.75) is 27.2 Å². The second-order valence-electron chi connectivity index (χ2n) is 5.85. The second kappa shape index (κ2) is 7.01. The van der Waals surface area contributed by atoms with Gasteiger partial charge in [-0.2, -0.15) is 5.10 Å². The fourth-order valence-electron chi connectivity index (χ4n) is 2.55. The lowest BCUT2D eigenvalue weighted by molar-refractivity contribution is 0.0946. The molecular weight excluding hydrogens is 318 g/mol. The van der Waals surface area contributed by atoms with Crippen LogP contribution in [-0.2, 0) is 0 Å². The predicted molar refractivity (Wildman–Crippen MR) is 99.0 cm³/mol. The van der Waals surface area contributed by atoms with Gasteiger partial charge in [0.2, 0.25) is 0 Å². The molecule has 0 bridgehead atoms. The Balaban J connectivity index is 2.12. The summed E-state index contributed by atoms with van der Waals surface area (Å²) in [7, 11) is 0. The number of benzene rings is 1. The van der Waals surface area contributed by atoms with Crippen LogP contribution < -0.4 is 5.32 Å². The molecule has 0 atom stereocenters. The fraction of sp³-hybridized carbons (Fsp3) is 0.263. The van der Waals surface area contributed by atoms with E-state index >= 15 is 0 Å². The summed E-state index contributed by atoms with van der Waals surface area (Å²) in [6, 6.07) is 12.1. The lowest BCUT2D eigenvalue weighted by atomic mass is 10.1. The Bertz CT molecular complexity index is 850. The van der Waals surface area contributed by atoms with Gasteiger partial charge in [0.25, 0.3) is 5.91 Å². The van der Waals surface area contributed by atoms with Gasteiger partial charge >= 0.3 is 0 Å². The molecule has 0 aliphatic heterocycles. The topological polar surface area (TPSA) is 46.9 Å². The Morgan fingerprint density at radius 2 is 2.08 bits per heavy atom. The molecule has 0 spiro atoms. The molecule has 3 aromatic rings. The summed E-state index contributed by atoms with van der Waals surface area (Å²) in [6.07, 6.45) is 0.904. The summed E-state index contributed by atoms with van der Waals surface area (Å²) in [6.45, 7) is 6.78. The van der Waals surface area contributed by atoms with Gasteiger partial charge in [-0.15, -0.1) is 11.3 Å². The maximum absolute atomic E-state index is 12.6. The normalized spacial score (nSPS) is 10.8. The quantitative estimate of drug-likeness (QED) is 0.751. The Morgan fingerprint density at radius 1 is 1.25 bits per heavy atom. The summed E-state index contributed by atoms with van der Waals surface area (Å²) >= 11 is 1.62. The van der Waals surface area contributed by atoms with Gasteiger partial charge in [0.15, 0.2) is 0 Å². The van der Waals surface area contributed by atoms with Gasteiger partial charge in [-0.05, 0) is 55.0 Å². The zero-order chi connectivity index (χ0) is 17.1. The van der Waals surface area contributed by atoms with Crippen molar-refractivity contribution in [2.24, 2.45) is 0 Å². The minimum atomic E-state index is -0.0898. The number of nitrogens with zero attached hydrogens (tertiary/aromatic N) is 2. The van der Waals surface area contributed by atoms with Crippen LogP contribution in [0.4, 0.5) is 0 Å². The van der Waals surface area contributed by atoms with Gasteiger partial charge in [0.05, 0.1) is 10.6 Å². The van der Waals surface area contributed by atoms with Crippen LogP contribution in [0.5, 0.6) is 0 Å². The number of aryl methyl sites for hydroxylation is 2. The molecular formula is C19H21N3OS. The van der Waals surface area contributed by atoms with Gasteiger partial charge in [0, 0.05) is 6.54 Å². The maximum atomic E-state index is 12.6. The Labute approximate surface area is 146 Å². The third-order valence-corrected chi connectivity index (χ3v) is 4.74. The lowest BCUT2D eigenvalue weighted by Gasteiger charge is -2.11. The smallest absolute Gasteiger partial charge is 0.270 e. The van der Waals surface area contributed by atoms with E-state index in [1.165, 1.54) is 0 Å². The molecule has 0 aliphatic carbocycles.